The van der Waals surface area contributed by atoms with Crippen LogP contribution in [0.5, 0.6) is 0 Å². The third-order valence-electron chi connectivity index (χ3n) is 5.30. The number of halogens is 1. The molecular formula is C23H33ClN4O3S. The van der Waals surface area contributed by atoms with Crippen molar-refractivity contribution in [2.75, 3.05) is 30.9 Å². The minimum Gasteiger partial charge on any atom is -0.377 e. The van der Waals surface area contributed by atoms with Crippen LogP contribution in [0.3, 0.4) is 0 Å². The molecular weight excluding hydrogens is 448 g/mol. The average molecular weight is 481 g/mol. The van der Waals surface area contributed by atoms with Gasteiger partial charge < -0.3 is 15.5 Å². The van der Waals surface area contributed by atoms with Crippen LogP contribution in [-0.2, 0) is 16.6 Å². The molecule has 2 amide bonds. The van der Waals surface area contributed by atoms with E-state index in [4.69, 9.17) is 11.6 Å². The SMILES string of the molecule is CCNC(=O)Nc1ccc(N(C)C)c(CN([C@H](C)C(C)C)S(=O)(=O)c2cccc(Cl)c2)c1. The van der Waals surface area contributed by atoms with Crippen molar-refractivity contribution in [3.8, 4) is 0 Å². The minimum atomic E-state index is -3.82. The summed E-state index contributed by atoms with van der Waals surface area (Å²) in [6.07, 6.45) is 0. The topological polar surface area (TPSA) is 81.8 Å². The summed E-state index contributed by atoms with van der Waals surface area (Å²) < 4.78 is 28.8. The van der Waals surface area contributed by atoms with E-state index in [-0.39, 0.29) is 29.4 Å². The van der Waals surface area contributed by atoms with Gasteiger partial charge in [-0.25, -0.2) is 13.2 Å². The van der Waals surface area contributed by atoms with Gasteiger partial charge in [-0.2, -0.15) is 4.31 Å². The van der Waals surface area contributed by atoms with E-state index in [1.807, 2.05) is 58.8 Å². The van der Waals surface area contributed by atoms with Crippen molar-refractivity contribution in [1.82, 2.24) is 9.62 Å². The Bertz CT molecular complexity index is 1040. The molecule has 0 aromatic heterocycles. The molecule has 0 heterocycles. The lowest BCUT2D eigenvalue weighted by Gasteiger charge is -2.32. The van der Waals surface area contributed by atoms with Crippen molar-refractivity contribution in [2.24, 2.45) is 5.92 Å². The highest BCUT2D eigenvalue weighted by molar-refractivity contribution is 7.89. The van der Waals surface area contributed by atoms with Crippen LogP contribution in [-0.4, -0.2) is 45.4 Å². The molecule has 2 aromatic carbocycles. The van der Waals surface area contributed by atoms with E-state index in [1.54, 1.807) is 24.3 Å². The Labute approximate surface area is 196 Å². The second kappa shape index (κ2) is 11.0. The summed E-state index contributed by atoms with van der Waals surface area (Å²) in [5, 5.41) is 5.86. The lowest BCUT2D eigenvalue weighted by Crippen LogP contribution is -2.41. The highest BCUT2D eigenvalue weighted by Gasteiger charge is 2.32. The summed E-state index contributed by atoms with van der Waals surface area (Å²) in [5.74, 6) is 0.0865. The monoisotopic (exact) mass is 480 g/mol. The molecule has 0 radical (unpaired) electrons. The van der Waals surface area contributed by atoms with Crippen LogP contribution in [0.4, 0.5) is 16.2 Å². The normalized spacial score (nSPS) is 12.7. The number of hydrogen-bond acceptors (Lipinski definition) is 4. The number of benzene rings is 2. The van der Waals surface area contributed by atoms with E-state index in [0.717, 1.165) is 11.3 Å². The third kappa shape index (κ3) is 6.37. The lowest BCUT2D eigenvalue weighted by atomic mass is 10.1. The Morgan fingerprint density at radius 1 is 1.09 bits per heavy atom. The number of sulfonamides is 1. The van der Waals surface area contributed by atoms with E-state index in [2.05, 4.69) is 10.6 Å². The van der Waals surface area contributed by atoms with Gasteiger partial charge in [0.25, 0.3) is 0 Å². The van der Waals surface area contributed by atoms with Crippen LogP contribution in [0.15, 0.2) is 47.4 Å². The first-order chi connectivity index (χ1) is 15.0. The molecule has 0 spiro atoms. The molecule has 0 aliphatic carbocycles. The van der Waals surface area contributed by atoms with Gasteiger partial charge in [0.05, 0.1) is 4.90 Å². The molecule has 0 aliphatic rings. The van der Waals surface area contributed by atoms with Crippen molar-refractivity contribution in [3.05, 3.63) is 53.1 Å². The van der Waals surface area contributed by atoms with E-state index in [9.17, 15) is 13.2 Å². The molecule has 0 unspecified atom stereocenters. The maximum Gasteiger partial charge on any atom is 0.319 e. The van der Waals surface area contributed by atoms with Gasteiger partial charge in [-0.05, 0) is 61.7 Å². The zero-order valence-corrected chi connectivity index (χ0v) is 21.1. The summed E-state index contributed by atoms with van der Waals surface area (Å²) in [6.45, 7) is 8.37. The van der Waals surface area contributed by atoms with E-state index in [1.165, 1.54) is 10.4 Å². The summed E-state index contributed by atoms with van der Waals surface area (Å²) >= 11 is 6.08. The molecule has 0 fully saturated rings. The zero-order chi connectivity index (χ0) is 24.1. The first-order valence-corrected chi connectivity index (χ1v) is 12.4. The van der Waals surface area contributed by atoms with E-state index < -0.39 is 10.0 Å². The molecule has 9 heteroatoms. The maximum atomic E-state index is 13.6. The molecule has 0 aliphatic heterocycles. The summed E-state index contributed by atoms with van der Waals surface area (Å²) in [4.78, 5) is 14.1. The van der Waals surface area contributed by atoms with E-state index in [0.29, 0.717) is 17.3 Å². The first kappa shape index (κ1) is 26.0. The third-order valence-corrected chi connectivity index (χ3v) is 7.47. The fourth-order valence-corrected chi connectivity index (χ4v) is 5.32. The van der Waals surface area contributed by atoms with Gasteiger partial charge in [-0.3, -0.25) is 0 Å². The van der Waals surface area contributed by atoms with Gasteiger partial charge in [0.2, 0.25) is 10.0 Å². The fraction of sp³-hybridized carbons (Fsp3) is 0.435. The van der Waals surface area contributed by atoms with Gasteiger partial charge in [0.15, 0.2) is 0 Å². The smallest absolute Gasteiger partial charge is 0.319 e. The van der Waals surface area contributed by atoms with Crippen LogP contribution in [0.2, 0.25) is 5.02 Å². The summed E-state index contributed by atoms with van der Waals surface area (Å²) in [6, 6.07) is 11.2. The average Bonchev–Trinajstić information content (AvgIpc) is 2.71. The Morgan fingerprint density at radius 3 is 2.34 bits per heavy atom. The second-order valence-corrected chi connectivity index (χ2v) is 10.5. The number of amides is 2. The number of carbonyl (C=O) groups excluding carboxylic acids is 1. The van der Waals surface area contributed by atoms with E-state index >= 15 is 0 Å². The van der Waals surface area contributed by atoms with Gasteiger partial charge in [0, 0.05) is 49.6 Å². The Balaban J connectivity index is 2.53. The van der Waals surface area contributed by atoms with Crippen molar-refractivity contribution < 1.29 is 13.2 Å². The van der Waals surface area contributed by atoms with Gasteiger partial charge >= 0.3 is 6.03 Å². The van der Waals surface area contributed by atoms with Crippen molar-refractivity contribution in [1.29, 1.82) is 0 Å². The zero-order valence-electron chi connectivity index (χ0n) is 19.5. The molecule has 2 aromatic rings. The van der Waals surface area contributed by atoms with Crippen LogP contribution >= 0.6 is 11.6 Å². The maximum absolute atomic E-state index is 13.6. The molecule has 7 nitrogen and oxygen atoms in total. The first-order valence-electron chi connectivity index (χ1n) is 10.6. The van der Waals surface area contributed by atoms with Crippen LogP contribution in [0.25, 0.3) is 0 Å². The van der Waals surface area contributed by atoms with Gasteiger partial charge in [-0.15, -0.1) is 0 Å². The predicted molar refractivity (Wildman–Crippen MR) is 132 cm³/mol. The summed E-state index contributed by atoms with van der Waals surface area (Å²) in [5.41, 5.74) is 2.24. The Kier molecular flexibility index (Phi) is 8.95. The number of hydrogen-bond donors (Lipinski definition) is 2. The number of nitrogens with zero attached hydrogens (tertiary/aromatic N) is 2. The fourth-order valence-electron chi connectivity index (χ4n) is 3.27. The number of rotatable bonds is 9. The molecule has 1 atom stereocenters. The number of anilines is 2. The quantitative estimate of drug-likeness (QED) is 0.541. The Morgan fingerprint density at radius 2 is 1.78 bits per heavy atom. The van der Waals surface area contributed by atoms with Gasteiger partial charge in [0.1, 0.15) is 0 Å². The minimum absolute atomic E-state index is 0.0865. The molecule has 0 bridgehead atoms. The van der Waals surface area contributed by atoms with Crippen LogP contribution < -0.4 is 15.5 Å². The highest BCUT2D eigenvalue weighted by Crippen LogP contribution is 2.30. The molecule has 176 valence electrons. The standard InChI is InChI=1S/C23H33ClN4O3S/c1-7-25-23(29)26-20-11-12-22(27(5)6)18(13-20)15-28(17(4)16(2)3)32(30,31)21-10-8-9-19(24)14-21/h8-14,16-17H,7,15H2,1-6H3,(H2,25,26,29)/t17-/m1/s1. The largest absolute Gasteiger partial charge is 0.377 e. The highest BCUT2D eigenvalue weighted by atomic mass is 35.5. The lowest BCUT2D eigenvalue weighted by molar-refractivity contribution is 0.252. The van der Waals surface area contributed by atoms with Gasteiger partial charge in [-0.1, -0.05) is 31.5 Å². The van der Waals surface area contributed by atoms with Crippen LogP contribution in [0, 0.1) is 5.92 Å². The molecule has 32 heavy (non-hydrogen) atoms. The number of carbonyl (C=O) groups is 1. The molecule has 0 saturated heterocycles. The molecule has 2 rings (SSSR count). The molecule has 0 saturated carbocycles. The van der Waals surface area contributed by atoms with Crippen LogP contribution in [0.1, 0.15) is 33.3 Å². The number of urea groups is 1. The molecule has 2 N–H and O–H groups in total. The predicted octanol–water partition coefficient (Wildman–Crippen LogP) is 4.78. The Hall–Kier alpha value is -2.29. The van der Waals surface area contributed by atoms with Crippen molar-refractivity contribution in [3.63, 3.8) is 0 Å². The summed E-state index contributed by atoms with van der Waals surface area (Å²) in [7, 11) is -0.0219. The number of nitrogens with one attached hydrogen (secondary N) is 2. The van der Waals surface area contributed by atoms with Crippen molar-refractivity contribution >= 4 is 39.0 Å². The van der Waals surface area contributed by atoms with Crippen molar-refractivity contribution in [2.45, 2.75) is 45.2 Å². The second-order valence-electron chi connectivity index (χ2n) is 8.21.